The van der Waals surface area contributed by atoms with Crippen LogP contribution in [0.1, 0.15) is 32.3 Å². The lowest BCUT2D eigenvalue weighted by molar-refractivity contribution is -0.123. The second-order valence-electron chi connectivity index (χ2n) is 4.65. The van der Waals surface area contributed by atoms with Crippen molar-refractivity contribution in [2.45, 2.75) is 33.2 Å². The number of amides is 1. The highest BCUT2D eigenvalue weighted by atomic mass is 35.5. The Morgan fingerprint density at radius 3 is 2.71 bits per heavy atom. The quantitative estimate of drug-likeness (QED) is 0.681. The third-order valence-corrected chi connectivity index (χ3v) is 3.35. The van der Waals surface area contributed by atoms with Gasteiger partial charge in [0.15, 0.2) is 6.61 Å². The molecule has 118 valence electrons. The Morgan fingerprint density at radius 1 is 1.29 bits per heavy atom. The first-order valence-electron chi connectivity index (χ1n) is 7.16. The smallest absolute Gasteiger partial charge is 0.257 e. The van der Waals surface area contributed by atoms with E-state index in [1.807, 2.05) is 6.92 Å². The molecule has 6 heteroatoms. The van der Waals surface area contributed by atoms with E-state index in [4.69, 9.17) is 27.9 Å². The van der Waals surface area contributed by atoms with Gasteiger partial charge in [-0.15, -0.1) is 0 Å². The minimum atomic E-state index is -0.149. The van der Waals surface area contributed by atoms with Crippen LogP contribution in [-0.2, 0) is 11.3 Å². The predicted octanol–water partition coefficient (Wildman–Crippen LogP) is 3.40. The Hall–Kier alpha value is -0.970. The lowest BCUT2D eigenvalue weighted by Gasteiger charge is -2.14. The third kappa shape index (κ3) is 6.55. The van der Waals surface area contributed by atoms with E-state index in [0.717, 1.165) is 24.9 Å². The number of carbonyl (C=O) groups is 1. The van der Waals surface area contributed by atoms with Crippen LogP contribution in [-0.4, -0.2) is 25.6 Å². The van der Waals surface area contributed by atoms with Crippen molar-refractivity contribution in [3.8, 4) is 5.75 Å². The first-order valence-corrected chi connectivity index (χ1v) is 7.92. The van der Waals surface area contributed by atoms with Gasteiger partial charge in [-0.2, -0.15) is 0 Å². The molecule has 0 aromatic heterocycles. The summed E-state index contributed by atoms with van der Waals surface area (Å²) < 4.78 is 5.57. The van der Waals surface area contributed by atoms with Crippen molar-refractivity contribution in [3.63, 3.8) is 0 Å². The van der Waals surface area contributed by atoms with Gasteiger partial charge in [0.1, 0.15) is 5.75 Å². The fraction of sp³-hybridized carbons (Fsp3) is 0.533. The second-order valence-corrected chi connectivity index (χ2v) is 5.49. The molecule has 1 aromatic rings. The molecule has 0 saturated heterocycles. The largest absolute Gasteiger partial charge is 0.482 e. The van der Waals surface area contributed by atoms with Crippen molar-refractivity contribution in [2.75, 3.05) is 19.7 Å². The van der Waals surface area contributed by atoms with Gasteiger partial charge >= 0.3 is 0 Å². The van der Waals surface area contributed by atoms with Crippen molar-refractivity contribution in [1.82, 2.24) is 10.6 Å². The topological polar surface area (TPSA) is 50.4 Å². The van der Waals surface area contributed by atoms with Gasteiger partial charge in [0, 0.05) is 23.7 Å². The minimum absolute atomic E-state index is 0.0514. The van der Waals surface area contributed by atoms with Crippen LogP contribution < -0.4 is 15.4 Å². The summed E-state index contributed by atoms with van der Waals surface area (Å²) >= 11 is 12.2. The summed E-state index contributed by atoms with van der Waals surface area (Å²) in [5.41, 5.74) is 0.843. The first-order chi connectivity index (χ1) is 10.1. The fourth-order valence-corrected chi connectivity index (χ4v) is 2.35. The maximum Gasteiger partial charge on any atom is 0.257 e. The standard InChI is InChI=1S/C15H22Cl2N2O2/c1-3-5-6-19-14(20)10-21-15-11(9-18-4-2)7-12(16)8-13(15)17/h7-8,18H,3-6,9-10H2,1-2H3,(H,19,20). The van der Waals surface area contributed by atoms with Crippen molar-refractivity contribution in [3.05, 3.63) is 27.7 Å². The molecule has 4 nitrogen and oxygen atoms in total. The van der Waals surface area contributed by atoms with E-state index in [-0.39, 0.29) is 12.5 Å². The molecule has 1 aromatic carbocycles. The van der Waals surface area contributed by atoms with E-state index < -0.39 is 0 Å². The number of unbranched alkanes of at least 4 members (excludes halogenated alkanes) is 1. The molecular formula is C15H22Cl2N2O2. The van der Waals surface area contributed by atoms with Crippen molar-refractivity contribution in [2.24, 2.45) is 0 Å². The lowest BCUT2D eigenvalue weighted by atomic mass is 10.2. The van der Waals surface area contributed by atoms with E-state index in [2.05, 4.69) is 17.6 Å². The Bertz CT molecular complexity index is 467. The summed E-state index contributed by atoms with van der Waals surface area (Å²) in [5, 5.41) is 6.95. The van der Waals surface area contributed by atoms with Crippen LogP contribution in [0.5, 0.6) is 5.75 Å². The number of rotatable bonds is 9. The van der Waals surface area contributed by atoms with Gasteiger partial charge in [0.25, 0.3) is 5.91 Å². The van der Waals surface area contributed by atoms with Gasteiger partial charge in [-0.3, -0.25) is 4.79 Å². The minimum Gasteiger partial charge on any atom is -0.482 e. The Labute approximate surface area is 136 Å². The van der Waals surface area contributed by atoms with Crippen LogP contribution in [0.3, 0.4) is 0 Å². The molecule has 0 saturated carbocycles. The molecule has 0 heterocycles. The van der Waals surface area contributed by atoms with Gasteiger partial charge in [0.05, 0.1) is 5.02 Å². The molecule has 21 heavy (non-hydrogen) atoms. The maximum absolute atomic E-state index is 11.7. The Balaban J connectivity index is 2.66. The molecular weight excluding hydrogens is 311 g/mol. The molecule has 1 amide bonds. The van der Waals surface area contributed by atoms with Crippen LogP contribution in [0.25, 0.3) is 0 Å². The molecule has 0 aliphatic heterocycles. The Morgan fingerprint density at radius 2 is 2.05 bits per heavy atom. The molecule has 0 radical (unpaired) electrons. The van der Waals surface area contributed by atoms with Gasteiger partial charge < -0.3 is 15.4 Å². The third-order valence-electron chi connectivity index (χ3n) is 2.85. The van der Waals surface area contributed by atoms with Crippen LogP contribution >= 0.6 is 23.2 Å². The average molecular weight is 333 g/mol. The summed E-state index contributed by atoms with van der Waals surface area (Å²) in [5.74, 6) is 0.358. The maximum atomic E-state index is 11.7. The zero-order valence-electron chi connectivity index (χ0n) is 12.5. The van der Waals surface area contributed by atoms with Crippen LogP contribution in [0.4, 0.5) is 0 Å². The van der Waals surface area contributed by atoms with Crippen LogP contribution in [0.2, 0.25) is 10.0 Å². The molecule has 0 aliphatic carbocycles. The van der Waals surface area contributed by atoms with Gasteiger partial charge in [-0.25, -0.2) is 0 Å². The van der Waals surface area contributed by atoms with E-state index in [9.17, 15) is 4.79 Å². The molecule has 0 aliphatic rings. The van der Waals surface area contributed by atoms with E-state index in [0.29, 0.717) is 28.9 Å². The molecule has 2 N–H and O–H groups in total. The van der Waals surface area contributed by atoms with Gasteiger partial charge in [0.2, 0.25) is 0 Å². The molecule has 0 atom stereocenters. The molecule has 0 unspecified atom stereocenters. The van der Waals surface area contributed by atoms with Gasteiger partial charge in [-0.05, 0) is 25.1 Å². The number of carbonyl (C=O) groups excluding carboxylic acids is 1. The second kappa shape index (κ2) is 9.87. The number of benzene rings is 1. The average Bonchev–Trinajstić information content (AvgIpc) is 2.44. The summed E-state index contributed by atoms with van der Waals surface area (Å²) in [6.07, 6.45) is 2.00. The monoisotopic (exact) mass is 332 g/mol. The highest BCUT2D eigenvalue weighted by Gasteiger charge is 2.12. The predicted molar refractivity (Wildman–Crippen MR) is 87.3 cm³/mol. The number of nitrogens with one attached hydrogen (secondary N) is 2. The number of hydrogen-bond donors (Lipinski definition) is 2. The van der Waals surface area contributed by atoms with E-state index in [1.165, 1.54) is 0 Å². The number of hydrogen-bond acceptors (Lipinski definition) is 3. The zero-order valence-corrected chi connectivity index (χ0v) is 14.0. The summed E-state index contributed by atoms with van der Waals surface area (Å²) in [7, 11) is 0. The SMILES string of the molecule is CCCCNC(=O)COc1c(Cl)cc(Cl)cc1CNCC. The molecule has 0 spiro atoms. The lowest BCUT2D eigenvalue weighted by Crippen LogP contribution is -2.30. The van der Waals surface area contributed by atoms with Gasteiger partial charge in [-0.1, -0.05) is 43.5 Å². The normalized spacial score (nSPS) is 10.5. The summed E-state index contributed by atoms with van der Waals surface area (Å²) in [6, 6.07) is 3.41. The molecule has 1 rings (SSSR count). The summed E-state index contributed by atoms with van der Waals surface area (Å²) in [6.45, 7) is 6.10. The molecule has 0 fully saturated rings. The van der Waals surface area contributed by atoms with E-state index in [1.54, 1.807) is 12.1 Å². The zero-order chi connectivity index (χ0) is 15.7. The highest BCUT2D eigenvalue weighted by Crippen LogP contribution is 2.32. The first kappa shape index (κ1) is 18.1. The van der Waals surface area contributed by atoms with E-state index >= 15 is 0 Å². The number of ether oxygens (including phenoxy) is 1. The van der Waals surface area contributed by atoms with Crippen molar-refractivity contribution < 1.29 is 9.53 Å². The van der Waals surface area contributed by atoms with Crippen molar-refractivity contribution in [1.29, 1.82) is 0 Å². The van der Waals surface area contributed by atoms with Crippen LogP contribution in [0, 0.1) is 0 Å². The van der Waals surface area contributed by atoms with Crippen LogP contribution in [0.15, 0.2) is 12.1 Å². The molecule has 0 bridgehead atoms. The number of halogens is 2. The Kier molecular flexibility index (Phi) is 8.50. The van der Waals surface area contributed by atoms with Crippen molar-refractivity contribution >= 4 is 29.1 Å². The fourth-order valence-electron chi connectivity index (χ4n) is 1.76. The summed E-state index contributed by atoms with van der Waals surface area (Å²) in [4.78, 5) is 11.7. The highest BCUT2D eigenvalue weighted by molar-refractivity contribution is 6.35.